The van der Waals surface area contributed by atoms with Crippen LogP contribution in [0.1, 0.15) is 43.7 Å². The minimum Gasteiger partial charge on any atom is -0.481 e. The van der Waals surface area contributed by atoms with Crippen molar-refractivity contribution in [2.75, 3.05) is 13.2 Å². The number of likely N-dealkylation sites (tertiary alicyclic amines) is 1. The first kappa shape index (κ1) is 21.9. The summed E-state index contributed by atoms with van der Waals surface area (Å²) in [7, 11) is 0. The van der Waals surface area contributed by atoms with Crippen molar-refractivity contribution in [1.29, 1.82) is 0 Å². The zero-order valence-corrected chi connectivity index (χ0v) is 18.3. The van der Waals surface area contributed by atoms with E-state index in [0.29, 0.717) is 19.4 Å². The van der Waals surface area contributed by atoms with E-state index in [1.807, 2.05) is 31.2 Å². The Kier molecular flexibility index (Phi) is 6.17. The Hall–Kier alpha value is -3.35. The van der Waals surface area contributed by atoms with E-state index in [0.717, 1.165) is 22.3 Å². The van der Waals surface area contributed by atoms with Crippen LogP contribution in [0.5, 0.6) is 0 Å². The Morgan fingerprint density at radius 1 is 1.09 bits per heavy atom. The highest BCUT2D eigenvalue weighted by Crippen LogP contribution is 2.44. The van der Waals surface area contributed by atoms with Crippen LogP contribution >= 0.6 is 0 Å². The number of piperidine rings is 1. The van der Waals surface area contributed by atoms with Gasteiger partial charge in [0.25, 0.3) is 0 Å². The number of hydrogen-bond donors (Lipinski definition) is 2. The molecular formula is C25H28N2O5. The van der Waals surface area contributed by atoms with Crippen molar-refractivity contribution in [3.05, 3.63) is 59.7 Å². The molecule has 0 bridgehead atoms. The number of carboxylic acid groups (broad SMARTS) is 1. The normalized spacial score (nSPS) is 20.8. The van der Waals surface area contributed by atoms with Gasteiger partial charge in [-0.3, -0.25) is 9.59 Å². The summed E-state index contributed by atoms with van der Waals surface area (Å²) in [6.07, 6.45) is 0.197. The Labute approximate surface area is 187 Å². The molecule has 1 saturated heterocycles. The van der Waals surface area contributed by atoms with E-state index in [1.165, 1.54) is 0 Å². The number of fused-ring (bicyclic) bond motifs is 3. The van der Waals surface area contributed by atoms with Crippen LogP contribution in [0.15, 0.2) is 48.5 Å². The molecule has 2 aliphatic rings. The molecule has 2 N–H and O–H groups in total. The Morgan fingerprint density at radius 3 is 2.25 bits per heavy atom. The maximum atomic E-state index is 12.8. The number of aliphatic carboxylic acids is 1. The fraction of sp³-hybridized carbons (Fsp3) is 0.400. The summed E-state index contributed by atoms with van der Waals surface area (Å²) in [6, 6.07) is 15.3. The quantitative estimate of drug-likeness (QED) is 0.746. The fourth-order valence-corrected chi connectivity index (χ4v) is 4.85. The van der Waals surface area contributed by atoms with Gasteiger partial charge in [0.05, 0.1) is 5.92 Å². The summed E-state index contributed by atoms with van der Waals surface area (Å²) >= 11 is 0. The predicted molar refractivity (Wildman–Crippen MR) is 119 cm³/mol. The maximum Gasteiger partial charge on any atom is 0.407 e. The molecule has 3 atom stereocenters. The zero-order valence-electron chi connectivity index (χ0n) is 18.3. The number of carbonyl (C=O) groups excluding carboxylic acids is 2. The maximum absolute atomic E-state index is 12.8. The molecule has 7 heteroatoms. The van der Waals surface area contributed by atoms with Crippen LogP contribution in [0, 0.1) is 5.92 Å². The van der Waals surface area contributed by atoms with Gasteiger partial charge in [-0.15, -0.1) is 0 Å². The van der Waals surface area contributed by atoms with E-state index in [2.05, 4.69) is 29.6 Å². The standard InChI is InChI=1S/C25H28N2O5/c1-15-13-17(24(29)30)11-12-27(15)23(28)16(2)26-25(31)32-14-22-20-9-5-3-7-18(20)19-8-4-6-10-21(19)22/h3-10,15-17,22H,11-14H2,1-2H3,(H,26,31)(H,29,30)/t15?,16-,17?/m1/s1. The van der Waals surface area contributed by atoms with E-state index in [1.54, 1.807) is 11.8 Å². The van der Waals surface area contributed by atoms with Crippen LogP contribution < -0.4 is 5.32 Å². The highest BCUT2D eigenvalue weighted by atomic mass is 16.5. The summed E-state index contributed by atoms with van der Waals surface area (Å²) < 4.78 is 5.52. The van der Waals surface area contributed by atoms with Crippen molar-refractivity contribution >= 4 is 18.0 Å². The predicted octanol–water partition coefficient (Wildman–Crippen LogP) is 3.63. The van der Waals surface area contributed by atoms with Crippen LogP contribution in [-0.2, 0) is 14.3 Å². The lowest BCUT2D eigenvalue weighted by Crippen LogP contribution is -2.53. The number of hydrogen-bond acceptors (Lipinski definition) is 4. The van der Waals surface area contributed by atoms with E-state index < -0.39 is 24.0 Å². The molecule has 1 aliphatic carbocycles. The van der Waals surface area contributed by atoms with E-state index >= 15 is 0 Å². The van der Waals surface area contributed by atoms with Crippen molar-refractivity contribution < 1.29 is 24.2 Å². The molecule has 4 rings (SSSR count). The zero-order chi connectivity index (χ0) is 22.8. The molecule has 1 heterocycles. The van der Waals surface area contributed by atoms with Crippen molar-refractivity contribution in [3.8, 4) is 11.1 Å². The largest absolute Gasteiger partial charge is 0.481 e. The lowest BCUT2D eigenvalue weighted by Gasteiger charge is -2.37. The Morgan fingerprint density at radius 2 is 1.69 bits per heavy atom. The number of benzene rings is 2. The fourth-order valence-electron chi connectivity index (χ4n) is 4.85. The summed E-state index contributed by atoms with van der Waals surface area (Å²) in [6.45, 7) is 4.02. The third-order valence-corrected chi connectivity index (χ3v) is 6.56. The van der Waals surface area contributed by atoms with Crippen molar-refractivity contribution in [2.24, 2.45) is 5.92 Å². The van der Waals surface area contributed by atoms with Crippen LogP contribution in [0.25, 0.3) is 11.1 Å². The van der Waals surface area contributed by atoms with E-state index in [4.69, 9.17) is 4.74 Å². The van der Waals surface area contributed by atoms with E-state index in [9.17, 15) is 19.5 Å². The lowest BCUT2D eigenvalue weighted by molar-refractivity contribution is -0.147. The van der Waals surface area contributed by atoms with Crippen molar-refractivity contribution in [2.45, 2.75) is 44.7 Å². The molecule has 7 nitrogen and oxygen atoms in total. The minimum absolute atomic E-state index is 0.0470. The van der Waals surface area contributed by atoms with Gasteiger partial charge in [-0.25, -0.2) is 4.79 Å². The number of ether oxygens (including phenoxy) is 1. The summed E-state index contributed by atoms with van der Waals surface area (Å²) in [4.78, 5) is 38.1. The second-order valence-corrected chi connectivity index (χ2v) is 8.63. The summed E-state index contributed by atoms with van der Waals surface area (Å²) in [5, 5.41) is 11.8. The van der Waals surface area contributed by atoms with Crippen LogP contribution in [0.4, 0.5) is 4.79 Å². The summed E-state index contributed by atoms with van der Waals surface area (Å²) in [5.74, 6) is -1.53. The summed E-state index contributed by atoms with van der Waals surface area (Å²) in [5.41, 5.74) is 4.56. The Balaban J connectivity index is 1.34. The molecule has 2 aromatic rings. The van der Waals surface area contributed by atoms with Gasteiger partial charge in [0.2, 0.25) is 5.91 Å². The number of alkyl carbamates (subject to hydrolysis) is 1. The third kappa shape index (κ3) is 4.20. The number of nitrogens with zero attached hydrogens (tertiary/aromatic N) is 1. The smallest absolute Gasteiger partial charge is 0.407 e. The highest BCUT2D eigenvalue weighted by molar-refractivity contribution is 5.86. The molecule has 0 saturated carbocycles. The van der Waals surface area contributed by atoms with Crippen LogP contribution in [0.2, 0.25) is 0 Å². The highest BCUT2D eigenvalue weighted by Gasteiger charge is 2.35. The third-order valence-electron chi connectivity index (χ3n) is 6.56. The number of rotatable bonds is 5. The molecule has 0 spiro atoms. The average molecular weight is 437 g/mol. The Bertz CT molecular complexity index is 991. The SMILES string of the molecule is CC1CC(C(=O)O)CCN1C(=O)[C@@H](C)NC(=O)OCC1c2ccccc2-c2ccccc21. The van der Waals surface area contributed by atoms with Crippen molar-refractivity contribution in [1.82, 2.24) is 10.2 Å². The average Bonchev–Trinajstić information content (AvgIpc) is 3.11. The number of nitrogens with one attached hydrogen (secondary N) is 1. The molecule has 1 fully saturated rings. The molecule has 2 unspecified atom stereocenters. The van der Waals surface area contributed by atoms with Gasteiger partial charge in [-0.05, 0) is 48.9 Å². The molecule has 0 radical (unpaired) electrons. The lowest BCUT2D eigenvalue weighted by atomic mass is 9.91. The molecular weight excluding hydrogens is 408 g/mol. The first-order chi connectivity index (χ1) is 15.4. The topological polar surface area (TPSA) is 95.9 Å². The van der Waals surface area contributed by atoms with Gasteiger partial charge in [0, 0.05) is 18.5 Å². The molecule has 0 aromatic heterocycles. The molecule has 168 valence electrons. The van der Waals surface area contributed by atoms with Gasteiger partial charge in [-0.1, -0.05) is 48.5 Å². The monoisotopic (exact) mass is 436 g/mol. The van der Waals surface area contributed by atoms with Gasteiger partial charge >= 0.3 is 12.1 Å². The molecule has 32 heavy (non-hydrogen) atoms. The van der Waals surface area contributed by atoms with Gasteiger partial charge in [-0.2, -0.15) is 0 Å². The van der Waals surface area contributed by atoms with Crippen LogP contribution in [0.3, 0.4) is 0 Å². The van der Waals surface area contributed by atoms with Crippen LogP contribution in [-0.4, -0.2) is 53.2 Å². The molecule has 2 aromatic carbocycles. The van der Waals surface area contributed by atoms with Gasteiger partial charge in [0.1, 0.15) is 12.6 Å². The second kappa shape index (κ2) is 9.02. The van der Waals surface area contributed by atoms with Gasteiger partial charge in [0.15, 0.2) is 0 Å². The van der Waals surface area contributed by atoms with E-state index in [-0.39, 0.29) is 24.5 Å². The minimum atomic E-state index is -0.825. The molecule has 1 aliphatic heterocycles. The van der Waals surface area contributed by atoms with Gasteiger partial charge < -0.3 is 20.1 Å². The first-order valence-corrected chi connectivity index (χ1v) is 11.0. The number of amides is 2. The number of carboxylic acids is 1. The van der Waals surface area contributed by atoms with Crippen molar-refractivity contribution in [3.63, 3.8) is 0 Å². The first-order valence-electron chi connectivity index (χ1n) is 11.0. The number of carbonyl (C=O) groups is 3. The molecule has 2 amide bonds. The second-order valence-electron chi connectivity index (χ2n) is 8.63.